The van der Waals surface area contributed by atoms with Crippen molar-refractivity contribution < 1.29 is 14.6 Å². The number of ether oxygens (including phenoxy) is 1. The van der Waals surface area contributed by atoms with Crippen molar-refractivity contribution in [2.45, 2.75) is 79.0 Å². The van der Waals surface area contributed by atoms with Crippen molar-refractivity contribution in [1.82, 2.24) is 14.8 Å². The summed E-state index contributed by atoms with van der Waals surface area (Å²) in [6.07, 6.45) is 2.19. The molecular weight excluding hydrogens is 486 g/mol. The van der Waals surface area contributed by atoms with Crippen molar-refractivity contribution in [3.63, 3.8) is 0 Å². The van der Waals surface area contributed by atoms with Crippen LogP contribution in [0.1, 0.15) is 65.2 Å². The second kappa shape index (κ2) is 14.1. The molecule has 0 saturated carbocycles. The number of hydrogen-bond acceptors (Lipinski definition) is 4. The molecule has 0 aliphatic heterocycles. The topological polar surface area (TPSA) is 68.8 Å². The zero-order chi connectivity index (χ0) is 28.6. The average molecular weight is 536 g/mol. The van der Waals surface area contributed by atoms with E-state index in [9.17, 15) is 9.90 Å². The number of benzene rings is 2. The van der Waals surface area contributed by atoms with Gasteiger partial charge in [0.05, 0.1) is 19.3 Å². The minimum absolute atomic E-state index is 0.0683. The Morgan fingerprint density at radius 3 is 2.33 bits per heavy atom. The van der Waals surface area contributed by atoms with E-state index in [2.05, 4.69) is 102 Å². The Hall–Kier alpha value is -2.67. The lowest BCUT2D eigenvalue weighted by Gasteiger charge is -2.31. The Labute approximate surface area is 235 Å². The van der Waals surface area contributed by atoms with Gasteiger partial charge in [-0.2, -0.15) is 0 Å². The van der Waals surface area contributed by atoms with Crippen molar-refractivity contribution in [2.24, 2.45) is 5.92 Å². The molecule has 0 bridgehead atoms. The van der Waals surface area contributed by atoms with Crippen LogP contribution in [0.15, 0.2) is 54.7 Å². The zero-order valence-electron chi connectivity index (χ0n) is 25.0. The Kier molecular flexibility index (Phi) is 11.2. The van der Waals surface area contributed by atoms with Gasteiger partial charge in [0, 0.05) is 49.4 Å². The lowest BCUT2D eigenvalue weighted by atomic mass is 9.87. The first-order valence-electron chi connectivity index (χ1n) is 14.4. The van der Waals surface area contributed by atoms with Gasteiger partial charge in [0.15, 0.2) is 0 Å². The third-order valence-corrected chi connectivity index (χ3v) is 7.15. The molecule has 0 aliphatic rings. The van der Waals surface area contributed by atoms with E-state index in [1.54, 1.807) is 0 Å². The van der Waals surface area contributed by atoms with Crippen LogP contribution in [0.3, 0.4) is 0 Å². The van der Waals surface area contributed by atoms with Gasteiger partial charge in [-0.25, -0.2) is 0 Å². The van der Waals surface area contributed by atoms with Gasteiger partial charge >= 0.3 is 0 Å². The molecule has 3 aromatic rings. The molecule has 6 heteroatoms. The Morgan fingerprint density at radius 2 is 1.69 bits per heavy atom. The summed E-state index contributed by atoms with van der Waals surface area (Å²) in [7, 11) is 0. The highest BCUT2D eigenvalue weighted by atomic mass is 16.5. The van der Waals surface area contributed by atoms with Crippen LogP contribution in [0.25, 0.3) is 10.9 Å². The van der Waals surface area contributed by atoms with Gasteiger partial charge in [0.25, 0.3) is 0 Å². The number of carbonyl (C=O) groups is 1. The highest BCUT2D eigenvalue weighted by molar-refractivity contribution is 5.83. The number of H-pyrrole nitrogens is 1. The average Bonchev–Trinajstić information content (AvgIpc) is 3.28. The molecule has 6 nitrogen and oxygen atoms in total. The van der Waals surface area contributed by atoms with Gasteiger partial charge in [-0.3, -0.25) is 9.69 Å². The first-order valence-corrected chi connectivity index (χ1v) is 14.4. The second-order valence-electron chi connectivity index (χ2n) is 12.5. The van der Waals surface area contributed by atoms with E-state index in [1.807, 2.05) is 15.9 Å². The van der Waals surface area contributed by atoms with Crippen molar-refractivity contribution in [3.05, 3.63) is 71.4 Å². The van der Waals surface area contributed by atoms with E-state index in [0.717, 1.165) is 17.5 Å². The molecule has 0 aliphatic carbocycles. The van der Waals surface area contributed by atoms with E-state index in [1.165, 1.54) is 16.5 Å². The maximum Gasteiger partial charge on any atom is 0.237 e. The highest BCUT2D eigenvalue weighted by Crippen LogP contribution is 2.23. The number of aromatic nitrogens is 1. The number of nitrogens with zero attached hydrogens (tertiary/aromatic N) is 2. The molecule has 39 heavy (non-hydrogen) atoms. The molecule has 214 valence electrons. The first-order chi connectivity index (χ1) is 18.4. The summed E-state index contributed by atoms with van der Waals surface area (Å²) in [6.45, 7) is 17.7. The van der Waals surface area contributed by atoms with E-state index < -0.39 is 6.10 Å². The maximum atomic E-state index is 13.8. The molecule has 0 fully saturated rings. The number of aromatic amines is 1. The predicted molar refractivity (Wildman–Crippen MR) is 161 cm³/mol. The molecule has 1 heterocycles. The third-order valence-electron chi connectivity index (χ3n) is 7.15. The standard InChI is InChI=1S/C33H49N3O3/c1-24(2)22-39-23-29(37)20-36(25(3)4)21-32(38)35(19-26-12-14-28(15-13-26)33(5,6)7)17-16-27-18-34-31-11-9-8-10-30(27)31/h8-15,18,24-25,29,34,37H,16-17,19-23H2,1-7H3. The molecular formula is C33H49N3O3. The Morgan fingerprint density at radius 1 is 1.00 bits per heavy atom. The number of amides is 1. The molecule has 1 amide bonds. The van der Waals surface area contributed by atoms with Gasteiger partial charge in [0.2, 0.25) is 5.91 Å². The number of hydrogen-bond donors (Lipinski definition) is 2. The Bertz CT molecular complexity index is 1160. The summed E-state index contributed by atoms with van der Waals surface area (Å²) < 4.78 is 5.64. The van der Waals surface area contributed by atoms with E-state index in [-0.39, 0.29) is 30.5 Å². The van der Waals surface area contributed by atoms with Gasteiger partial charge < -0.3 is 19.7 Å². The lowest BCUT2D eigenvalue weighted by Crippen LogP contribution is -2.46. The summed E-state index contributed by atoms with van der Waals surface area (Å²) in [5.41, 5.74) is 4.81. The SMILES string of the molecule is CC(C)COCC(O)CN(CC(=O)N(CCc1c[nH]c2ccccc12)Cc1ccc(C(C)(C)C)cc1)C(C)C. The number of rotatable bonds is 14. The van der Waals surface area contributed by atoms with Crippen LogP contribution in [0, 0.1) is 5.92 Å². The van der Waals surface area contributed by atoms with Crippen LogP contribution in [-0.2, 0) is 27.9 Å². The quantitative estimate of drug-likeness (QED) is 0.275. The minimum Gasteiger partial charge on any atom is -0.389 e. The monoisotopic (exact) mass is 535 g/mol. The van der Waals surface area contributed by atoms with Crippen molar-refractivity contribution >= 4 is 16.8 Å². The number of aliphatic hydroxyl groups excluding tert-OH is 1. The van der Waals surface area contributed by atoms with Gasteiger partial charge in [-0.1, -0.05) is 77.1 Å². The normalized spacial score (nSPS) is 13.1. The van der Waals surface area contributed by atoms with Crippen LogP contribution in [0.5, 0.6) is 0 Å². The van der Waals surface area contributed by atoms with E-state index in [0.29, 0.717) is 32.2 Å². The van der Waals surface area contributed by atoms with Crippen LogP contribution < -0.4 is 0 Å². The fraction of sp³-hybridized carbons (Fsp3) is 0.545. The first kappa shape index (κ1) is 30.9. The third kappa shape index (κ3) is 9.48. The van der Waals surface area contributed by atoms with Gasteiger partial charge in [-0.05, 0) is 54.4 Å². The number of para-hydroxylation sites is 1. The van der Waals surface area contributed by atoms with Crippen molar-refractivity contribution in [2.75, 3.05) is 32.8 Å². The molecule has 2 N–H and O–H groups in total. The summed E-state index contributed by atoms with van der Waals surface area (Å²) >= 11 is 0. The second-order valence-corrected chi connectivity index (χ2v) is 12.5. The van der Waals surface area contributed by atoms with Crippen LogP contribution >= 0.6 is 0 Å². The van der Waals surface area contributed by atoms with Crippen LogP contribution in [0.2, 0.25) is 0 Å². The summed E-state index contributed by atoms with van der Waals surface area (Å²) in [5.74, 6) is 0.488. The molecule has 0 spiro atoms. The van der Waals surface area contributed by atoms with Gasteiger partial charge in [-0.15, -0.1) is 0 Å². The molecule has 1 aromatic heterocycles. The summed E-state index contributed by atoms with van der Waals surface area (Å²) in [5, 5.41) is 11.8. The zero-order valence-corrected chi connectivity index (χ0v) is 25.0. The number of carbonyl (C=O) groups excluding carboxylic acids is 1. The molecule has 1 atom stereocenters. The molecule has 3 rings (SSSR count). The molecule has 0 saturated heterocycles. The summed E-state index contributed by atoms with van der Waals surface area (Å²) in [4.78, 5) is 21.1. The van der Waals surface area contributed by atoms with Crippen molar-refractivity contribution in [1.29, 1.82) is 0 Å². The lowest BCUT2D eigenvalue weighted by molar-refractivity contribution is -0.134. The molecule has 1 unspecified atom stereocenters. The van der Waals surface area contributed by atoms with E-state index in [4.69, 9.17) is 4.74 Å². The fourth-order valence-corrected chi connectivity index (χ4v) is 4.71. The van der Waals surface area contributed by atoms with Crippen LogP contribution in [-0.4, -0.2) is 70.8 Å². The summed E-state index contributed by atoms with van der Waals surface area (Å²) in [6, 6.07) is 17.0. The number of fused-ring (bicyclic) bond motifs is 1. The smallest absolute Gasteiger partial charge is 0.237 e. The maximum absolute atomic E-state index is 13.8. The number of nitrogens with one attached hydrogen (secondary N) is 1. The fourth-order valence-electron chi connectivity index (χ4n) is 4.71. The predicted octanol–water partition coefficient (Wildman–Crippen LogP) is 5.78. The number of aliphatic hydroxyl groups is 1. The molecule has 0 radical (unpaired) electrons. The minimum atomic E-state index is -0.636. The molecule has 2 aromatic carbocycles. The van der Waals surface area contributed by atoms with Crippen molar-refractivity contribution in [3.8, 4) is 0 Å². The van der Waals surface area contributed by atoms with Crippen LogP contribution in [0.4, 0.5) is 0 Å². The van der Waals surface area contributed by atoms with E-state index >= 15 is 0 Å². The highest BCUT2D eigenvalue weighted by Gasteiger charge is 2.23. The van der Waals surface area contributed by atoms with Gasteiger partial charge in [0.1, 0.15) is 0 Å². The Balaban J connectivity index is 1.73. The largest absolute Gasteiger partial charge is 0.389 e.